The van der Waals surface area contributed by atoms with Gasteiger partial charge in [-0.15, -0.1) is 0 Å². The highest BCUT2D eigenvalue weighted by molar-refractivity contribution is 5.92. The molecule has 0 radical (unpaired) electrons. The molecular weight excluding hydrogens is 622 g/mol. The lowest BCUT2D eigenvalue weighted by atomic mass is 9.95. The van der Waals surface area contributed by atoms with Gasteiger partial charge in [0.05, 0.1) is 18.6 Å². The van der Waals surface area contributed by atoms with Crippen LogP contribution >= 0.6 is 0 Å². The fourth-order valence-corrected chi connectivity index (χ4v) is 6.17. The molecule has 1 aliphatic carbocycles. The summed E-state index contributed by atoms with van der Waals surface area (Å²) in [5.41, 5.74) is 0.843. The molecule has 0 spiro atoms. The highest BCUT2D eigenvalue weighted by atomic mass is 16.3. The van der Waals surface area contributed by atoms with Crippen LogP contribution in [-0.2, 0) is 30.4 Å². The van der Waals surface area contributed by atoms with Gasteiger partial charge in [0.2, 0.25) is 29.5 Å². The molecule has 11 nitrogen and oxygen atoms in total. The van der Waals surface area contributed by atoms with Gasteiger partial charge in [0, 0.05) is 12.5 Å². The van der Waals surface area contributed by atoms with Crippen molar-refractivity contribution in [1.29, 1.82) is 0 Å². The lowest BCUT2D eigenvalue weighted by Crippen LogP contribution is -2.58. The van der Waals surface area contributed by atoms with Crippen molar-refractivity contribution < 1.29 is 29.1 Å². The zero-order valence-corrected chi connectivity index (χ0v) is 31.0. The van der Waals surface area contributed by atoms with Gasteiger partial charge < -0.3 is 31.7 Å². The number of aliphatic hydroxyl groups is 1. The quantitative estimate of drug-likeness (QED) is 0.122. The molecular formula is C38H63N5O6. The van der Waals surface area contributed by atoms with Crippen molar-refractivity contribution in [2.24, 2.45) is 23.7 Å². The molecule has 49 heavy (non-hydrogen) atoms. The SMILES string of the molecule is CC[C@H](C)[C@H](NC(=O)CC(O)C(Cc1ccccc1)NC(=O)[C@@H](NC(=O)[C@H](CC(C)C)NC(=O)CC(C)C)C(C)C)C(=O)NC1CCCC1. The number of hydrogen-bond acceptors (Lipinski definition) is 6. The third kappa shape index (κ3) is 14.9. The summed E-state index contributed by atoms with van der Waals surface area (Å²) in [5.74, 6) is -2.08. The molecule has 2 rings (SSSR count). The molecule has 1 saturated carbocycles. The Balaban J connectivity index is 2.21. The van der Waals surface area contributed by atoms with Crippen LogP contribution in [0.2, 0.25) is 0 Å². The van der Waals surface area contributed by atoms with E-state index in [2.05, 4.69) is 26.6 Å². The van der Waals surface area contributed by atoms with Gasteiger partial charge in [0.25, 0.3) is 0 Å². The number of aliphatic hydroxyl groups excluding tert-OH is 1. The minimum absolute atomic E-state index is 0.110. The Hall–Kier alpha value is -3.47. The summed E-state index contributed by atoms with van der Waals surface area (Å²) in [6.45, 7) is 15.3. The van der Waals surface area contributed by atoms with Gasteiger partial charge in [0.1, 0.15) is 18.1 Å². The van der Waals surface area contributed by atoms with E-state index in [1.165, 1.54) is 0 Å². The van der Waals surface area contributed by atoms with Crippen LogP contribution in [0.3, 0.4) is 0 Å². The Bertz CT molecular complexity index is 1200. The van der Waals surface area contributed by atoms with E-state index in [0.29, 0.717) is 12.8 Å². The number of amides is 5. The first-order chi connectivity index (χ1) is 23.1. The van der Waals surface area contributed by atoms with Crippen molar-refractivity contribution in [1.82, 2.24) is 26.6 Å². The minimum Gasteiger partial charge on any atom is -0.390 e. The first-order valence-electron chi connectivity index (χ1n) is 18.3. The average Bonchev–Trinajstić information content (AvgIpc) is 3.53. The monoisotopic (exact) mass is 685 g/mol. The number of benzene rings is 1. The second kappa shape index (κ2) is 20.9. The zero-order chi connectivity index (χ0) is 36.7. The van der Waals surface area contributed by atoms with E-state index in [-0.39, 0.29) is 60.8 Å². The molecule has 1 aliphatic rings. The van der Waals surface area contributed by atoms with E-state index in [0.717, 1.165) is 31.2 Å². The molecule has 11 heteroatoms. The summed E-state index contributed by atoms with van der Waals surface area (Å²) in [6, 6.07) is 6.05. The maximum Gasteiger partial charge on any atom is 0.243 e. The Morgan fingerprint density at radius 3 is 1.90 bits per heavy atom. The van der Waals surface area contributed by atoms with Crippen LogP contribution in [0.5, 0.6) is 0 Å². The Morgan fingerprint density at radius 2 is 1.35 bits per heavy atom. The van der Waals surface area contributed by atoms with Gasteiger partial charge in [-0.25, -0.2) is 0 Å². The third-order valence-corrected chi connectivity index (χ3v) is 9.20. The van der Waals surface area contributed by atoms with Crippen LogP contribution in [-0.4, -0.2) is 71.0 Å². The first-order valence-corrected chi connectivity index (χ1v) is 18.3. The summed E-state index contributed by atoms with van der Waals surface area (Å²) >= 11 is 0. The molecule has 0 aliphatic heterocycles. The van der Waals surface area contributed by atoms with Crippen LogP contribution in [0.15, 0.2) is 30.3 Å². The standard InChI is InChI=1S/C38H63N5O6/c1-9-26(8)35(38(49)39-28-17-13-14-18-28)42-33(46)22-31(44)29(21-27-15-11-10-12-16-27)41-37(48)34(25(6)7)43-36(47)30(19-23(2)3)40-32(45)20-24(4)5/h10-12,15-16,23-26,28-31,34-35,44H,9,13-14,17-22H2,1-8H3,(H,39,49)(H,40,45)(H,41,48)(H,42,46)(H,43,47)/t26-,29?,30-,31?,34-,35-/m0/s1. The Labute approximate surface area is 293 Å². The van der Waals surface area contributed by atoms with E-state index >= 15 is 0 Å². The van der Waals surface area contributed by atoms with E-state index in [1.54, 1.807) is 13.8 Å². The van der Waals surface area contributed by atoms with Crippen molar-refractivity contribution in [3.8, 4) is 0 Å². The van der Waals surface area contributed by atoms with Crippen molar-refractivity contribution >= 4 is 29.5 Å². The highest BCUT2D eigenvalue weighted by Crippen LogP contribution is 2.19. The van der Waals surface area contributed by atoms with Gasteiger partial charge in [-0.2, -0.15) is 0 Å². The van der Waals surface area contributed by atoms with Gasteiger partial charge in [-0.3, -0.25) is 24.0 Å². The van der Waals surface area contributed by atoms with Crippen LogP contribution in [0.4, 0.5) is 0 Å². The lowest BCUT2D eigenvalue weighted by molar-refractivity contribution is -0.134. The molecule has 1 aromatic carbocycles. The van der Waals surface area contributed by atoms with E-state index < -0.39 is 48.0 Å². The largest absolute Gasteiger partial charge is 0.390 e. The molecule has 0 bridgehead atoms. The number of carbonyl (C=O) groups excluding carboxylic acids is 5. The highest BCUT2D eigenvalue weighted by Gasteiger charge is 2.34. The van der Waals surface area contributed by atoms with Crippen LogP contribution in [0.25, 0.3) is 0 Å². The molecule has 6 N–H and O–H groups in total. The van der Waals surface area contributed by atoms with Gasteiger partial charge in [-0.1, -0.05) is 105 Å². The predicted octanol–water partition coefficient (Wildman–Crippen LogP) is 3.77. The Morgan fingerprint density at radius 1 is 0.735 bits per heavy atom. The zero-order valence-electron chi connectivity index (χ0n) is 31.0. The second-order valence-electron chi connectivity index (χ2n) is 15.1. The topological polar surface area (TPSA) is 166 Å². The molecule has 0 heterocycles. The average molecular weight is 686 g/mol. The molecule has 2 unspecified atom stereocenters. The van der Waals surface area contributed by atoms with Gasteiger partial charge in [0.15, 0.2) is 0 Å². The number of carbonyl (C=O) groups is 5. The predicted molar refractivity (Wildman–Crippen MR) is 192 cm³/mol. The first kappa shape index (κ1) is 41.7. The van der Waals surface area contributed by atoms with E-state index in [9.17, 15) is 29.1 Å². The lowest BCUT2D eigenvalue weighted by Gasteiger charge is -2.30. The maximum atomic E-state index is 13.8. The molecule has 1 aromatic rings. The van der Waals surface area contributed by atoms with Crippen molar-refractivity contribution in [2.75, 3.05) is 0 Å². The fraction of sp³-hybridized carbons (Fsp3) is 0.711. The minimum atomic E-state index is -1.29. The Kier molecular flexibility index (Phi) is 17.8. The maximum absolute atomic E-state index is 13.8. The number of hydrogen-bond donors (Lipinski definition) is 6. The van der Waals surface area contributed by atoms with E-state index in [1.807, 2.05) is 71.9 Å². The molecule has 5 amide bonds. The fourth-order valence-electron chi connectivity index (χ4n) is 6.17. The van der Waals surface area contributed by atoms with Crippen molar-refractivity contribution in [3.05, 3.63) is 35.9 Å². The molecule has 0 saturated heterocycles. The summed E-state index contributed by atoms with van der Waals surface area (Å²) in [6.07, 6.45) is 3.98. The number of rotatable bonds is 20. The second-order valence-corrected chi connectivity index (χ2v) is 15.1. The van der Waals surface area contributed by atoms with Crippen molar-refractivity contribution in [3.63, 3.8) is 0 Å². The van der Waals surface area contributed by atoms with Crippen LogP contribution < -0.4 is 26.6 Å². The number of nitrogens with one attached hydrogen (secondary N) is 5. The van der Waals surface area contributed by atoms with Crippen LogP contribution in [0, 0.1) is 23.7 Å². The molecule has 1 fully saturated rings. The third-order valence-electron chi connectivity index (χ3n) is 9.20. The summed E-state index contributed by atoms with van der Waals surface area (Å²) in [7, 11) is 0. The smallest absolute Gasteiger partial charge is 0.243 e. The van der Waals surface area contributed by atoms with E-state index in [4.69, 9.17) is 0 Å². The normalized spacial score (nSPS) is 17.1. The summed E-state index contributed by atoms with van der Waals surface area (Å²) < 4.78 is 0. The molecule has 0 aromatic heterocycles. The molecule has 6 atom stereocenters. The van der Waals surface area contributed by atoms with Crippen LogP contribution in [0.1, 0.15) is 112 Å². The van der Waals surface area contributed by atoms with Gasteiger partial charge in [-0.05, 0) is 54.9 Å². The summed E-state index contributed by atoms with van der Waals surface area (Å²) in [5, 5.41) is 25.9. The van der Waals surface area contributed by atoms with Gasteiger partial charge >= 0.3 is 0 Å². The molecule has 276 valence electrons. The summed E-state index contributed by atoms with van der Waals surface area (Å²) in [4.78, 5) is 66.4. The van der Waals surface area contributed by atoms with Crippen molar-refractivity contribution in [2.45, 2.75) is 149 Å².